The van der Waals surface area contributed by atoms with E-state index in [1.165, 1.54) is 0 Å². The maximum absolute atomic E-state index is 5.51. The minimum Gasteiger partial charge on any atom is -0.467 e. The summed E-state index contributed by atoms with van der Waals surface area (Å²) in [6.07, 6.45) is 1.63. The molecule has 0 saturated heterocycles. The van der Waals surface area contributed by atoms with Gasteiger partial charge in [-0.2, -0.15) is 15.0 Å². The maximum Gasteiger partial charge on any atom is 0.323 e. The molecule has 2 rings (SSSR count). The molecule has 0 saturated carbocycles. The Labute approximate surface area is 117 Å². The molecule has 108 valence electrons. The molecule has 2 heterocycles. The molecule has 7 heteroatoms. The van der Waals surface area contributed by atoms with Gasteiger partial charge in [0.05, 0.1) is 18.9 Å². The second kappa shape index (κ2) is 6.74. The van der Waals surface area contributed by atoms with Crippen LogP contribution in [0.2, 0.25) is 0 Å². The fourth-order valence-corrected chi connectivity index (χ4v) is 1.52. The van der Waals surface area contributed by atoms with Crippen LogP contribution >= 0.6 is 0 Å². The van der Waals surface area contributed by atoms with Crippen molar-refractivity contribution in [2.45, 2.75) is 33.4 Å². The second-order valence-electron chi connectivity index (χ2n) is 4.40. The van der Waals surface area contributed by atoms with Crippen LogP contribution in [0.25, 0.3) is 0 Å². The van der Waals surface area contributed by atoms with E-state index in [-0.39, 0.29) is 6.10 Å². The molecule has 2 aromatic heterocycles. The van der Waals surface area contributed by atoms with E-state index in [9.17, 15) is 0 Å². The Hall–Kier alpha value is -2.31. The third-order valence-electron chi connectivity index (χ3n) is 2.29. The van der Waals surface area contributed by atoms with Crippen molar-refractivity contribution in [1.29, 1.82) is 0 Å². The van der Waals surface area contributed by atoms with E-state index in [0.29, 0.717) is 24.5 Å². The van der Waals surface area contributed by atoms with Crippen LogP contribution < -0.4 is 15.4 Å². The molecular formula is C13H19N5O2. The van der Waals surface area contributed by atoms with Crippen molar-refractivity contribution >= 4 is 11.9 Å². The number of hydrogen-bond donors (Lipinski definition) is 2. The molecule has 0 aliphatic rings. The van der Waals surface area contributed by atoms with Crippen LogP contribution in [0, 0.1) is 0 Å². The van der Waals surface area contributed by atoms with Crippen molar-refractivity contribution in [3.05, 3.63) is 24.2 Å². The van der Waals surface area contributed by atoms with E-state index in [1.807, 2.05) is 32.9 Å². The molecule has 0 aliphatic carbocycles. The zero-order chi connectivity index (χ0) is 14.4. The highest BCUT2D eigenvalue weighted by Gasteiger charge is 2.09. The first kappa shape index (κ1) is 14.1. The van der Waals surface area contributed by atoms with Gasteiger partial charge in [0.1, 0.15) is 5.76 Å². The normalized spacial score (nSPS) is 10.6. The van der Waals surface area contributed by atoms with Gasteiger partial charge in [-0.15, -0.1) is 0 Å². The summed E-state index contributed by atoms with van der Waals surface area (Å²) in [6.45, 7) is 7.05. The summed E-state index contributed by atoms with van der Waals surface area (Å²) in [5, 5.41) is 6.13. The molecule has 20 heavy (non-hydrogen) atoms. The summed E-state index contributed by atoms with van der Waals surface area (Å²) in [4.78, 5) is 12.7. The van der Waals surface area contributed by atoms with Gasteiger partial charge in [0.15, 0.2) is 0 Å². The second-order valence-corrected chi connectivity index (χ2v) is 4.40. The van der Waals surface area contributed by atoms with Gasteiger partial charge in [-0.25, -0.2) is 0 Å². The molecule has 0 bridgehead atoms. The van der Waals surface area contributed by atoms with Crippen molar-refractivity contribution < 1.29 is 9.15 Å². The summed E-state index contributed by atoms with van der Waals surface area (Å²) in [5.74, 6) is 1.74. The first-order valence-corrected chi connectivity index (χ1v) is 6.60. The molecule has 0 fully saturated rings. The number of nitrogens with zero attached hydrogens (tertiary/aromatic N) is 3. The van der Waals surface area contributed by atoms with Crippen LogP contribution in [0.3, 0.4) is 0 Å². The van der Waals surface area contributed by atoms with Gasteiger partial charge in [0, 0.05) is 6.54 Å². The molecule has 2 N–H and O–H groups in total. The van der Waals surface area contributed by atoms with E-state index in [2.05, 4.69) is 25.6 Å². The summed E-state index contributed by atoms with van der Waals surface area (Å²) < 4.78 is 10.8. The number of furan rings is 1. The number of ether oxygens (including phenoxy) is 1. The highest BCUT2D eigenvalue weighted by molar-refractivity contribution is 5.36. The Bertz CT molecular complexity index is 528. The Morgan fingerprint density at radius 2 is 1.95 bits per heavy atom. The molecule has 7 nitrogen and oxygen atoms in total. The van der Waals surface area contributed by atoms with E-state index in [4.69, 9.17) is 9.15 Å². The zero-order valence-electron chi connectivity index (χ0n) is 11.9. The SMILES string of the molecule is CCNc1nc(NCc2ccco2)nc(OC(C)C)n1. The fraction of sp³-hybridized carbons (Fsp3) is 0.462. The van der Waals surface area contributed by atoms with Crippen molar-refractivity contribution in [1.82, 2.24) is 15.0 Å². The van der Waals surface area contributed by atoms with Crippen molar-refractivity contribution in [2.24, 2.45) is 0 Å². The Kier molecular flexibility index (Phi) is 4.75. The van der Waals surface area contributed by atoms with Crippen LogP contribution in [0.15, 0.2) is 22.8 Å². The predicted octanol–water partition coefficient (Wildman–Crippen LogP) is 2.30. The molecule has 0 radical (unpaired) electrons. The standard InChI is InChI=1S/C13H19N5O2/c1-4-14-11-16-12(15-8-10-6-5-7-19-10)18-13(17-11)20-9(2)3/h5-7,9H,4,8H2,1-3H3,(H2,14,15,16,17,18). The van der Waals surface area contributed by atoms with Crippen molar-refractivity contribution in [2.75, 3.05) is 17.2 Å². The Balaban J connectivity index is 2.10. The van der Waals surface area contributed by atoms with Gasteiger partial charge in [0.25, 0.3) is 0 Å². The quantitative estimate of drug-likeness (QED) is 0.803. The molecule has 2 aromatic rings. The van der Waals surface area contributed by atoms with Crippen molar-refractivity contribution in [3.8, 4) is 6.01 Å². The summed E-state index contributed by atoms with van der Waals surface area (Å²) in [6, 6.07) is 4.01. The van der Waals surface area contributed by atoms with Gasteiger partial charge in [0.2, 0.25) is 11.9 Å². The molecule has 0 unspecified atom stereocenters. The Morgan fingerprint density at radius 1 is 1.20 bits per heavy atom. The van der Waals surface area contributed by atoms with Gasteiger partial charge in [-0.05, 0) is 32.9 Å². The molecule has 0 amide bonds. The van der Waals surface area contributed by atoms with Gasteiger partial charge in [-0.1, -0.05) is 0 Å². The Morgan fingerprint density at radius 3 is 2.55 bits per heavy atom. The van der Waals surface area contributed by atoms with E-state index in [1.54, 1.807) is 6.26 Å². The first-order valence-electron chi connectivity index (χ1n) is 6.60. The average Bonchev–Trinajstić information content (AvgIpc) is 2.89. The number of aromatic nitrogens is 3. The van der Waals surface area contributed by atoms with Gasteiger partial charge in [-0.3, -0.25) is 0 Å². The predicted molar refractivity (Wildman–Crippen MR) is 75.8 cm³/mol. The number of rotatable bonds is 7. The van der Waals surface area contributed by atoms with Crippen LogP contribution in [0.4, 0.5) is 11.9 Å². The van der Waals surface area contributed by atoms with Gasteiger partial charge >= 0.3 is 6.01 Å². The van der Waals surface area contributed by atoms with E-state index >= 15 is 0 Å². The fourth-order valence-electron chi connectivity index (χ4n) is 1.52. The smallest absolute Gasteiger partial charge is 0.323 e. The third-order valence-corrected chi connectivity index (χ3v) is 2.29. The first-order chi connectivity index (χ1) is 9.67. The van der Waals surface area contributed by atoms with E-state index in [0.717, 1.165) is 12.3 Å². The lowest BCUT2D eigenvalue weighted by Gasteiger charge is -2.11. The van der Waals surface area contributed by atoms with Crippen LogP contribution in [-0.4, -0.2) is 27.6 Å². The monoisotopic (exact) mass is 277 g/mol. The van der Waals surface area contributed by atoms with Crippen LogP contribution in [-0.2, 0) is 6.54 Å². The van der Waals surface area contributed by atoms with Crippen molar-refractivity contribution in [3.63, 3.8) is 0 Å². The van der Waals surface area contributed by atoms with Gasteiger partial charge < -0.3 is 19.8 Å². The minimum absolute atomic E-state index is 0.00444. The van der Waals surface area contributed by atoms with Crippen LogP contribution in [0.1, 0.15) is 26.5 Å². The summed E-state index contributed by atoms with van der Waals surface area (Å²) in [7, 11) is 0. The highest BCUT2D eigenvalue weighted by atomic mass is 16.5. The molecule has 0 aromatic carbocycles. The molecular weight excluding hydrogens is 258 g/mol. The lowest BCUT2D eigenvalue weighted by atomic mass is 10.4. The average molecular weight is 277 g/mol. The zero-order valence-corrected chi connectivity index (χ0v) is 11.9. The summed E-state index contributed by atoms with van der Waals surface area (Å²) >= 11 is 0. The molecule has 0 aliphatic heterocycles. The minimum atomic E-state index is 0.00444. The third kappa shape index (κ3) is 4.11. The summed E-state index contributed by atoms with van der Waals surface area (Å²) in [5.41, 5.74) is 0. The largest absolute Gasteiger partial charge is 0.467 e. The highest BCUT2D eigenvalue weighted by Crippen LogP contribution is 2.13. The molecule has 0 spiro atoms. The topological polar surface area (TPSA) is 85.1 Å². The molecule has 0 atom stereocenters. The number of anilines is 2. The van der Waals surface area contributed by atoms with E-state index < -0.39 is 0 Å². The lowest BCUT2D eigenvalue weighted by molar-refractivity contribution is 0.222. The number of nitrogens with one attached hydrogen (secondary N) is 2. The van der Waals surface area contributed by atoms with Crippen LogP contribution in [0.5, 0.6) is 6.01 Å². The maximum atomic E-state index is 5.51. The number of hydrogen-bond acceptors (Lipinski definition) is 7. The lowest BCUT2D eigenvalue weighted by Crippen LogP contribution is -2.13.